The summed E-state index contributed by atoms with van der Waals surface area (Å²) in [6, 6.07) is 4.22. The zero-order valence-electron chi connectivity index (χ0n) is 10.7. The van der Waals surface area contributed by atoms with Crippen molar-refractivity contribution in [2.75, 3.05) is 0 Å². The zero-order chi connectivity index (χ0) is 11.1. The van der Waals surface area contributed by atoms with Gasteiger partial charge in [-0.3, -0.25) is 0 Å². The van der Waals surface area contributed by atoms with Gasteiger partial charge in [0.1, 0.15) is 0 Å². The fourth-order valence-electron chi connectivity index (χ4n) is 2.40. The molecule has 15 heavy (non-hydrogen) atoms. The molecule has 0 saturated carbocycles. The van der Waals surface area contributed by atoms with Gasteiger partial charge in [0.15, 0.2) is 0 Å². The van der Waals surface area contributed by atoms with Crippen LogP contribution in [0, 0.1) is 0 Å². The topological polar surface area (TPSA) is 0 Å². The highest BCUT2D eigenvalue weighted by Crippen LogP contribution is 2.24. The first-order chi connectivity index (χ1) is 7.26. The molecule has 0 radical (unpaired) electrons. The van der Waals surface area contributed by atoms with Gasteiger partial charge in [-0.1, -0.05) is 62.3 Å². The van der Waals surface area contributed by atoms with Gasteiger partial charge in [0, 0.05) is 0 Å². The molecule has 0 aromatic heterocycles. The molecule has 1 aliphatic rings. The van der Waals surface area contributed by atoms with Crippen LogP contribution < -0.4 is 0 Å². The summed E-state index contributed by atoms with van der Waals surface area (Å²) in [6.07, 6.45) is 10.3. The molecule has 1 aliphatic carbocycles. The van der Waals surface area contributed by atoms with Crippen LogP contribution in [0.25, 0.3) is 0 Å². The van der Waals surface area contributed by atoms with Gasteiger partial charge in [-0.2, -0.15) is 0 Å². The van der Waals surface area contributed by atoms with E-state index in [0.717, 1.165) is 0 Å². The van der Waals surface area contributed by atoms with Gasteiger partial charge in [-0.15, -0.1) is 0 Å². The van der Waals surface area contributed by atoms with E-state index in [9.17, 15) is 0 Å². The molecule has 0 aromatic carbocycles. The van der Waals surface area contributed by atoms with Crippen molar-refractivity contribution in [3.8, 4) is 0 Å². The molecule has 1 rings (SSSR count). The normalized spacial score (nSPS) is 18.2. The predicted octanol–water partition coefficient (Wildman–Crippen LogP) is 5.09. The minimum atomic E-state index is -1.02. The Morgan fingerprint density at radius 1 is 1.13 bits per heavy atom. The third-order valence-electron chi connectivity index (χ3n) is 4.09. The molecule has 0 unspecified atom stereocenters. The Morgan fingerprint density at radius 3 is 2.27 bits per heavy atom. The van der Waals surface area contributed by atoms with Gasteiger partial charge in [-0.25, -0.2) is 0 Å². The summed E-state index contributed by atoms with van der Waals surface area (Å²) in [5.74, 6) is 0. The van der Waals surface area contributed by atoms with Crippen molar-refractivity contribution in [1.82, 2.24) is 0 Å². The molecule has 0 bridgehead atoms. The second-order valence-electron chi connectivity index (χ2n) is 4.78. The minimum absolute atomic E-state index is 1.02. The largest absolute Gasteiger partial charge is 0.0940 e. The molecule has 0 spiro atoms. The van der Waals surface area contributed by atoms with Crippen LogP contribution in [0.4, 0.5) is 0 Å². The molecule has 0 N–H and O–H groups in total. The van der Waals surface area contributed by atoms with E-state index in [1.165, 1.54) is 43.8 Å². The molecule has 0 fully saturated rings. The number of rotatable bonds is 5. The second kappa shape index (κ2) is 6.32. The third-order valence-corrected chi connectivity index (χ3v) is 9.19. The van der Waals surface area contributed by atoms with Crippen LogP contribution in [0.15, 0.2) is 23.4 Å². The SMILES string of the molecule is CC[Si](/C=C/C1=CCCCC1)(CC)CC. The fourth-order valence-corrected chi connectivity index (χ4v) is 5.18. The standard InChI is InChI=1S/C14H26Si/c1-4-15(5-2,6-3)13-12-14-10-8-7-9-11-14/h10,12-13H,4-9,11H2,1-3H3/b13-12+. The fraction of sp³-hybridized carbons (Fsp3) is 0.714. The molecule has 1 heteroatoms. The predicted molar refractivity (Wildman–Crippen MR) is 72.9 cm³/mol. The maximum Gasteiger partial charge on any atom is 0.0770 e. The van der Waals surface area contributed by atoms with Crippen LogP contribution in [0.2, 0.25) is 18.1 Å². The summed E-state index contributed by atoms with van der Waals surface area (Å²) in [5.41, 5.74) is 4.22. The molecule has 0 amide bonds. The molecule has 86 valence electrons. The Kier molecular flexibility index (Phi) is 5.38. The van der Waals surface area contributed by atoms with Crippen molar-refractivity contribution < 1.29 is 0 Å². The summed E-state index contributed by atoms with van der Waals surface area (Å²) in [5, 5.41) is 0. The molecule has 0 saturated heterocycles. The monoisotopic (exact) mass is 222 g/mol. The van der Waals surface area contributed by atoms with Crippen molar-refractivity contribution in [3.63, 3.8) is 0 Å². The highest BCUT2D eigenvalue weighted by molar-refractivity contribution is 6.84. The summed E-state index contributed by atoms with van der Waals surface area (Å²) in [4.78, 5) is 0. The van der Waals surface area contributed by atoms with Crippen LogP contribution in [-0.2, 0) is 0 Å². The zero-order valence-corrected chi connectivity index (χ0v) is 11.7. The van der Waals surface area contributed by atoms with Gasteiger partial charge >= 0.3 is 0 Å². The first-order valence-electron chi connectivity index (χ1n) is 6.64. The summed E-state index contributed by atoms with van der Waals surface area (Å²) in [6.45, 7) is 7.12. The second-order valence-corrected chi connectivity index (χ2v) is 9.96. The van der Waals surface area contributed by atoms with Crippen molar-refractivity contribution >= 4 is 8.07 Å². The quantitative estimate of drug-likeness (QED) is 0.568. The van der Waals surface area contributed by atoms with E-state index in [2.05, 4.69) is 38.6 Å². The maximum absolute atomic E-state index is 2.62. The third kappa shape index (κ3) is 3.64. The van der Waals surface area contributed by atoms with E-state index in [0.29, 0.717) is 0 Å². The van der Waals surface area contributed by atoms with Gasteiger partial charge in [0.05, 0.1) is 8.07 Å². The van der Waals surface area contributed by atoms with E-state index in [1.807, 2.05) is 0 Å². The lowest BCUT2D eigenvalue weighted by Crippen LogP contribution is -2.28. The van der Waals surface area contributed by atoms with Crippen molar-refractivity contribution in [3.05, 3.63) is 23.4 Å². The van der Waals surface area contributed by atoms with E-state index in [1.54, 1.807) is 5.57 Å². The van der Waals surface area contributed by atoms with Crippen molar-refractivity contribution in [2.24, 2.45) is 0 Å². The lowest BCUT2D eigenvalue weighted by molar-refractivity contribution is 0.712. The Balaban J connectivity index is 2.64. The molecule has 0 atom stereocenters. The molecule has 0 aliphatic heterocycles. The maximum atomic E-state index is 2.62. The highest BCUT2D eigenvalue weighted by atomic mass is 28.3. The first-order valence-corrected chi connectivity index (χ1v) is 9.34. The number of hydrogen-bond donors (Lipinski definition) is 0. The molecule has 0 aromatic rings. The molecule has 0 nitrogen and oxygen atoms in total. The average Bonchev–Trinajstić information content (AvgIpc) is 2.33. The van der Waals surface area contributed by atoms with Crippen LogP contribution in [0.1, 0.15) is 46.5 Å². The van der Waals surface area contributed by atoms with Gasteiger partial charge in [0.25, 0.3) is 0 Å². The van der Waals surface area contributed by atoms with E-state index in [-0.39, 0.29) is 0 Å². The van der Waals surface area contributed by atoms with E-state index < -0.39 is 8.07 Å². The number of allylic oxidation sites excluding steroid dienone is 3. The molecule has 0 heterocycles. The van der Waals surface area contributed by atoms with Gasteiger partial charge in [-0.05, 0) is 25.7 Å². The van der Waals surface area contributed by atoms with Crippen LogP contribution in [0.5, 0.6) is 0 Å². The average molecular weight is 222 g/mol. The molecular weight excluding hydrogens is 196 g/mol. The van der Waals surface area contributed by atoms with Crippen molar-refractivity contribution in [2.45, 2.75) is 64.6 Å². The highest BCUT2D eigenvalue weighted by Gasteiger charge is 2.22. The lowest BCUT2D eigenvalue weighted by Gasteiger charge is -2.24. The van der Waals surface area contributed by atoms with Gasteiger partial charge in [0.2, 0.25) is 0 Å². The summed E-state index contributed by atoms with van der Waals surface area (Å²) >= 11 is 0. The van der Waals surface area contributed by atoms with Crippen LogP contribution >= 0.6 is 0 Å². The molecular formula is C14H26Si. The smallest absolute Gasteiger partial charge is 0.0770 e. The number of hydrogen-bond acceptors (Lipinski definition) is 0. The Labute approximate surface area is 96.5 Å². The van der Waals surface area contributed by atoms with E-state index in [4.69, 9.17) is 0 Å². The van der Waals surface area contributed by atoms with Gasteiger partial charge < -0.3 is 0 Å². The van der Waals surface area contributed by atoms with Crippen LogP contribution in [0.3, 0.4) is 0 Å². The Hall–Kier alpha value is -0.303. The minimum Gasteiger partial charge on any atom is -0.0940 e. The summed E-state index contributed by atoms with van der Waals surface area (Å²) < 4.78 is 0. The lowest BCUT2D eigenvalue weighted by atomic mass is 10.00. The van der Waals surface area contributed by atoms with Crippen LogP contribution in [-0.4, -0.2) is 8.07 Å². The summed E-state index contributed by atoms with van der Waals surface area (Å²) in [7, 11) is -1.02. The Bertz CT molecular complexity index is 225. The Morgan fingerprint density at radius 2 is 1.80 bits per heavy atom. The first kappa shape index (κ1) is 12.8. The van der Waals surface area contributed by atoms with E-state index >= 15 is 0 Å². The van der Waals surface area contributed by atoms with Crippen molar-refractivity contribution in [1.29, 1.82) is 0 Å².